The van der Waals surface area contributed by atoms with E-state index in [2.05, 4.69) is 9.97 Å². The van der Waals surface area contributed by atoms with Gasteiger partial charge in [-0.05, 0) is 0 Å². The zero-order chi connectivity index (χ0) is 12.4. The molecule has 1 aromatic rings. The van der Waals surface area contributed by atoms with Crippen molar-refractivity contribution in [2.75, 3.05) is 38.7 Å². The summed E-state index contributed by atoms with van der Waals surface area (Å²) < 4.78 is 17.9. The van der Waals surface area contributed by atoms with Crippen molar-refractivity contribution in [2.24, 2.45) is 0 Å². The summed E-state index contributed by atoms with van der Waals surface area (Å²) in [6.45, 7) is 1.42. The van der Waals surface area contributed by atoms with Gasteiger partial charge in [-0.15, -0.1) is 0 Å². The van der Waals surface area contributed by atoms with Crippen LogP contribution in [0.4, 0.5) is 10.3 Å². The fourth-order valence-electron chi connectivity index (χ4n) is 1.57. The largest absolute Gasteiger partial charge is 0.479 e. The molecule has 0 atom stereocenters. The summed E-state index contributed by atoms with van der Waals surface area (Å²) in [5, 5.41) is 0. The van der Waals surface area contributed by atoms with Crippen molar-refractivity contribution in [2.45, 2.75) is 0 Å². The third-order valence-electron chi connectivity index (χ3n) is 2.63. The Balaban J connectivity index is 2.20. The Kier molecular flexibility index (Phi) is 3.08. The predicted molar refractivity (Wildman–Crippen MR) is 58.4 cm³/mol. The molecule has 0 aromatic carbocycles. The zero-order valence-electron chi connectivity index (χ0n) is 9.68. The molecule has 1 fully saturated rings. The topological polar surface area (TPSA) is 58.6 Å². The van der Waals surface area contributed by atoms with Crippen LogP contribution in [-0.2, 0) is 4.79 Å². The quantitative estimate of drug-likeness (QED) is 0.722. The van der Waals surface area contributed by atoms with Crippen LogP contribution in [0.3, 0.4) is 0 Å². The van der Waals surface area contributed by atoms with Gasteiger partial charge in [0.1, 0.15) is 0 Å². The van der Waals surface area contributed by atoms with Crippen LogP contribution in [0.25, 0.3) is 0 Å². The average Bonchev–Trinajstić information content (AvgIpc) is 2.33. The van der Waals surface area contributed by atoms with Gasteiger partial charge in [0.05, 0.1) is 19.9 Å². The molecule has 7 heteroatoms. The molecule has 0 bridgehead atoms. The fraction of sp³-hybridized carbons (Fsp3) is 0.500. The monoisotopic (exact) mass is 240 g/mol. The molecule has 0 N–H and O–H groups in total. The van der Waals surface area contributed by atoms with E-state index in [1.165, 1.54) is 7.11 Å². The first-order chi connectivity index (χ1) is 8.11. The predicted octanol–water partition coefficient (Wildman–Crippen LogP) is -0.0973. The fourth-order valence-corrected chi connectivity index (χ4v) is 1.57. The summed E-state index contributed by atoms with van der Waals surface area (Å²) in [7, 11) is 3.08. The normalized spacial score (nSPS) is 16.3. The molecule has 0 unspecified atom stereocenters. The van der Waals surface area contributed by atoms with Crippen molar-refractivity contribution >= 4 is 11.9 Å². The highest BCUT2D eigenvalue weighted by atomic mass is 19.1. The number of aromatic nitrogens is 2. The average molecular weight is 240 g/mol. The highest BCUT2D eigenvalue weighted by Gasteiger charge is 2.23. The van der Waals surface area contributed by atoms with Gasteiger partial charge < -0.3 is 14.5 Å². The molecule has 92 valence electrons. The number of carbonyl (C=O) groups excluding carboxylic acids is 1. The molecule has 6 nitrogen and oxygen atoms in total. The number of anilines is 1. The number of halogens is 1. The Morgan fingerprint density at radius 3 is 2.88 bits per heavy atom. The van der Waals surface area contributed by atoms with E-state index in [0.29, 0.717) is 19.0 Å². The number of nitrogens with zero attached hydrogens (tertiary/aromatic N) is 4. The van der Waals surface area contributed by atoms with Crippen molar-refractivity contribution < 1.29 is 13.9 Å². The molecule has 1 saturated heterocycles. The van der Waals surface area contributed by atoms with Crippen LogP contribution in [-0.4, -0.2) is 54.6 Å². The molecule has 1 aromatic heterocycles. The second-order valence-electron chi connectivity index (χ2n) is 3.76. The minimum atomic E-state index is -0.614. The summed E-state index contributed by atoms with van der Waals surface area (Å²) in [5.74, 6) is -0.425. The van der Waals surface area contributed by atoms with Crippen molar-refractivity contribution in [3.05, 3.63) is 12.0 Å². The molecule has 1 amide bonds. The maximum Gasteiger partial charge on any atom is 0.255 e. The van der Waals surface area contributed by atoms with Crippen molar-refractivity contribution in [1.82, 2.24) is 14.9 Å². The van der Waals surface area contributed by atoms with Gasteiger partial charge in [-0.3, -0.25) is 4.79 Å². The Hall–Kier alpha value is -1.92. The Labute approximate surface area is 98.0 Å². The van der Waals surface area contributed by atoms with Gasteiger partial charge >= 0.3 is 0 Å². The molecule has 1 aliphatic rings. The van der Waals surface area contributed by atoms with Crippen molar-refractivity contribution in [3.63, 3.8) is 0 Å². The molecule has 0 spiro atoms. The molecular formula is C10H13FN4O2. The van der Waals surface area contributed by atoms with E-state index < -0.39 is 5.82 Å². The number of hydrogen-bond donors (Lipinski definition) is 0. The summed E-state index contributed by atoms with van der Waals surface area (Å²) in [6, 6.07) is 0. The first-order valence-corrected chi connectivity index (χ1v) is 5.17. The van der Waals surface area contributed by atoms with E-state index in [9.17, 15) is 9.18 Å². The third-order valence-corrected chi connectivity index (χ3v) is 2.63. The minimum absolute atomic E-state index is 0.0110. The minimum Gasteiger partial charge on any atom is -0.479 e. The van der Waals surface area contributed by atoms with Crippen LogP contribution in [0.5, 0.6) is 5.88 Å². The van der Waals surface area contributed by atoms with Gasteiger partial charge in [-0.25, -0.2) is 4.98 Å². The summed E-state index contributed by atoms with van der Waals surface area (Å²) in [4.78, 5) is 22.6. The summed E-state index contributed by atoms with van der Waals surface area (Å²) >= 11 is 0. The zero-order valence-corrected chi connectivity index (χ0v) is 9.68. The van der Waals surface area contributed by atoms with Gasteiger partial charge in [0.15, 0.2) is 0 Å². The molecule has 2 rings (SSSR count). The molecule has 1 aliphatic heterocycles. The summed E-state index contributed by atoms with van der Waals surface area (Å²) in [6.07, 6.45) is 1.05. The number of ether oxygens (including phenoxy) is 1. The van der Waals surface area contributed by atoms with Gasteiger partial charge in [-0.1, -0.05) is 0 Å². The van der Waals surface area contributed by atoms with Crippen molar-refractivity contribution in [1.29, 1.82) is 0 Å². The van der Waals surface area contributed by atoms with E-state index in [1.807, 2.05) is 0 Å². The third kappa shape index (κ3) is 2.27. The Morgan fingerprint density at radius 1 is 1.47 bits per heavy atom. The van der Waals surface area contributed by atoms with E-state index in [-0.39, 0.29) is 18.3 Å². The lowest BCUT2D eigenvalue weighted by molar-refractivity contribution is -0.129. The Bertz CT molecular complexity index is 440. The number of amides is 1. The lowest BCUT2D eigenvalue weighted by atomic mass is 10.3. The van der Waals surface area contributed by atoms with Gasteiger partial charge in [0, 0.05) is 20.1 Å². The first kappa shape index (κ1) is 11.6. The van der Waals surface area contributed by atoms with Gasteiger partial charge in [0.2, 0.25) is 17.7 Å². The van der Waals surface area contributed by atoms with Crippen molar-refractivity contribution in [3.8, 4) is 5.88 Å². The lowest BCUT2D eigenvalue weighted by Gasteiger charge is -2.31. The maximum atomic E-state index is 13.1. The van der Waals surface area contributed by atoms with Crippen LogP contribution in [0.2, 0.25) is 0 Å². The standard InChI is InChI=1S/C10H13FN4O2/c1-14-3-4-15(6-8(14)16)10-12-5-7(11)9(13-10)17-2/h5H,3-4,6H2,1-2H3. The van der Waals surface area contributed by atoms with Crippen LogP contribution in [0.15, 0.2) is 6.20 Å². The van der Waals surface area contributed by atoms with Crippen LogP contribution in [0, 0.1) is 5.82 Å². The maximum absolute atomic E-state index is 13.1. The highest BCUT2D eigenvalue weighted by molar-refractivity contribution is 5.81. The van der Waals surface area contributed by atoms with Crippen LogP contribution >= 0.6 is 0 Å². The number of likely N-dealkylation sites (N-methyl/N-ethyl adjacent to an activating group) is 1. The second-order valence-corrected chi connectivity index (χ2v) is 3.76. The number of methoxy groups -OCH3 is 1. The molecule has 0 saturated carbocycles. The van der Waals surface area contributed by atoms with E-state index >= 15 is 0 Å². The number of rotatable bonds is 2. The van der Waals surface area contributed by atoms with Gasteiger partial charge in [-0.2, -0.15) is 9.37 Å². The van der Waals surface area contributed by atoms with E-state index in [0.717, 1.165) is 6.20 Å². The molecular weight excluding hydrogens is 227 g/mol. The first-order valence-electron chi connectivity index (χ1n) is 5.17. The molecule has 2 heterocycles. The molecule has 0 radical (unpaired) electrons. The number of piperazine rings is 1. The summed E-state index contributed by atoms with van der Waals surface area (Å²) in [5.41, 5.74) is 0. The van der Waals surface area contributed by atoms with E-state index in [4.69, 9.17) is 4.74 Å². The number of carbonyl (C=O) groups is 1. The highest BCUT2D eigenvalue weighted by Crippen LogP contribution is 2.17. The second kappa shape index (κ2) is 4.52. The van der Waals surface area contributed by atoms with Crippen LogP contribution < -0.4 is 9.64 Å². The number of hydrogen-bond acceptors (Lipinski definition) is 5. The molecule has 17 heavy (non-hydrogen) atoms. The molecule has 0 aliphatic carbocycles. The van der Waals surface area contributed by atoms with E-state index in [1.54, 1.807) is 16.8 Å². The SMILES string of the molecule is COc1nc(N2CCN(C)C(=O)C2)ncc1F. The van der Waals surface area contributed by atoms with Gasteiger partial charge in [0.25, 0.3) is 5.88 Å². The lowest BCUT2D eigenvalue weighted by Crippen LogP contribution is -2.49. The van der Waals surface area contributed by atoms with Crippen LogP contribution in [0.1, 0.15) is 0 Å². The smallest absolute Gasteiger partial charge is 0.255 e. The Morgan fingerprint density at radius 2 is 2.24 bits per heavy atom.